The van der Waals surface area contributed by atoms with Gasteiger partial charge in [-0.25, -0.2) is 4.39 Å². The van der Waals surface area contributed by atoms with Crippen LogP contribution in [0, 0.1) is 17.1 Å². The summed E-state index contributed by atoms with van der Waals surface area (Å²) >= 11 is 0. The Balaban J connectivity index is 2.10. The lowest BCUT2D eigenvalue weighted by molar-refractivity contribution is 0.353. The maximum atomic E-state index is 14.2. The van der Waals surface area contributed by atoms with Gasteiger partial charge in [0.05, 0.1) is 5.56 Å². The molecule has 3 rings (SSSR count). The third kappa shape index (κ3) is 2.00. The monoisotopic (exact) mass is 252 g/mol. The largest absolute Gasteiger partial charge is 0.298 e. The highest BCUT2D eigenvalue weighted by Gasteiger charge is 2.17. The summed E-state index contributed by atoms with van der Waals surface area (Å²) in [5.74, 6) is -0.434. The highest BCUT2D eigenvalue weighted by Crippen LogP contribution is 2.30. The first-order valence-corrected chi connectivity index (χ1v) is 6.18. The van der Waals surface area contributed by atoms with Crippen LogP contribution in [0.25, 0.3) is 11.1 Å². The van der Waals surface area contributed by atoms with E-state index in [9.17, 15) is 4.39 Å². The van der Waals surface area contributed by atoms with Gasteiger partial charge < -0.3 is 0 Å². The van der Waals surface area contributed by atoms with E-state index >= 15 is 0 Å². The van der Waals surface area contributed by atoms with Crippen LogP contribution >= 0.6 is 0 Å². The van der Waals surface area contributed by atoms with E-state index in [1.54, 1.807) is 12.1 Å². The van der Waals surface area contributed by atoms with Gasteiger partial charge in [-0.3, -0.25) is 4.90 Å². The normalized spacial score (nSPS) is 14.2. The molecule has 0 amide bonds. The zero-order valence-corrected chi connectivity index (χ0v) is 10.7. The minimum atomic E-state index is -0.434. The molecule has 19 heavy (non-hydrogen) atoms. The van der Waals surface area contributed by atoms with E-state index in [1.807, 2.05) is 24.3 Å². The lowest BCUT2D eigenvalue weighted by Gasteiger charge is -2.07. The first-order chi connectivity index (χ1) is 9.19. The van der Waals surface area contributed by atoms with Crippen molar-refractivity contribution >= 4 is 0 Å². The van der Waals surface area contributed by atoms with Crippen molar-refractivity contribution in [2.45, 2.75) is 13.1 Å². The van der Waals surface area contributed by atoms with Gasteiger partial charge in [-0.2, -0.15) is 5.26 Å². The average Bonchev–Trinajstić information content (AvgIpc) is 2.78. The summed E-state index contributed by atoms with van der Waals surface area (Å²) in [6.45, 7) is 1.83. The molecule has 2 aromatic rings. The molecule has 0 aliphatic carbocycles. The first kappa shape index (κ1) is 11.9. The summed E-state index contributed by atoms with van der Waals surface area (Å²) in [5.41, 5.74) is 3.96. The summed E-state index contributed by atoms with van der Waals surface area (Å²) in [6, 6.07) is 12.8. The van der Waals surface area contributed by atoms with Gasteiger partial charge in [0.2, 0.25) is 0 Å². The molecule has 0 radical (unpaired) electrons. The van der Waals surface area contributed by atoms with Crippen molar-refractivity contribution in [3.63, 3.8) is 0 Å². The SMILES string of the molecule is CN1Cc2ccc(-c3cccc(C#N)c3F)cc2C1. The molecule has 2 aromatic carbocycles. The van der Waals surface area contributed by atoms with Gasteiger partial charge in [0.15, 0.2) is 0 Å². The van der Waals surface area contributed by atoms with Crippen LogP contribution in [0.2, 0.25) is 0 Å². The van der Waals surface area contributed by atoms with Gasteiger partial charge in [0.1, 0.15) is 11.9 Å². The second-order valence-electron chi connectivity index (χ2n) is 4.93. The third-order valence-corrected chi connectivity index (χ3v) is 3.52. The molecule has 0 unspecified atom stereocenters. The van der Waals surface area contributed by atoms with Crippen LogP contribution in [0.5, 0.6) is 0 Å². The van der Waals surface area contributed by atoms with E-state index in [0.717, 1.165) is 18.7 Å². The Hall–Kier alpha value is -2.18. The maximum Gasteiger partial charge on any atom is 0.148 e. The van der Waals surface area contributed by atoms with Gasteiger partial charge in [0.25, 0.3) is 0 Å². The molecule has 0 saturated heterocycles. The number of hydrogen-bond donors (Lipinski definition) is 0. The van der Waals surface area contributed by atoms with E-state index < -0.39 is 5.82 Å². The molecule has 0 bridgehead atoms. The summed E-state index contributed by atoms with van der Waals surface area (Å²) in [4.78, 5) is 2.22. The van der Waals surface area contributed by atoms with Gasteiger partial charge in [0, 0.05) is 18.7 Å². The number of benzene rings is 2. The van der Waals surface area contributed by atoms with Gasteiger partial charge >= 0.3 is 0 Å². The molecule has 0 atom stereocenters. The molecule has 3 heteroatoms. The Bertz CT molecular complexity index is 686. The van der Waals surface area contributed by atoms with Crippen LogP contribution in [-0.2, 0) is 13.1 Å². The molecule has 1 heterocycles. The van der Waals surface area contributed by atoms with Gasteiger partial charge in [-0.05, 0) is 35.9 Å². The molecule has 0 aromatic heterocycles. The Labute approximate surface area is 111 Å². The number of hydrogen-bond acceptors (Lipinski definition) is 2. The van der Waals surface area contributed by atoms with E-state index in [0.29, 0.717) is 5.56 Å². The van der Waals surface area contributed by atoms with E-state index in [4.69, 9.17) is 5.26 Å². The van der Waals surface area contributed by atoms with E-state index in [2.05, 4.69) is 11.9 Å². The van der Waals surface area contributed by atoms with Crippen molar-refractivity contribution in [3.8, 4) is 17.2 Å². The van der Waals surface area contributed by atoms with Gasteiger partial charge in [-0.15, -0.1) is 0 Å². The topological polar surface area (TPSA) is 27.0 Å². The quantitative estimate of drug-likeness (QED) is 0.778. The molecule has 1 aliphatic rings. The molecule has 0 N–H and O–H groups in total. The molecule has 0 spiro atoms. The average molecular weight is 252 g/mol. The number of halogens is 1. The van der Waals surface area contributed by atoms with Gasteiger partial charge in [-0.1, -0.05) is 24.3 Å². The van der Waals surface area contributed by atoms with Crippen molar-refractivity contribution in [2.24, 2.45) is 0 Å². The standard InChI is InChI=1S/C16H13FN2/c1-19-9-13-6-5-11(7-14(13)10-19)15-4-2-3-12(8-18)16(15)17/h2-7H,9-10H2,1H3. The van der Waals surface area contributed by atoms with Crippen molar-refractivity contribution < 1.29 is 4.39 Å². The highest BCUT2D eigenvalue weighted by atomic mass is 19.1. The van der Waals surface area contributed by atoms with Crippen LogP contribution in [0.3, 0.4) is 0 Å². The second-order valence-corrected chi connectivity index (χ2v) is 4.93. The van der Waals surface area contributed by atoms with E-state index in [-0.39, 0.29) is 5.56 Å². The Morgan fingerprint density at radius 1 is 1.16 bits per heavy atom. The number of fused-ring (bicyclic) bond motifs is 1. The molecule has 2 nitrogen and oxygen atoms in total. The summed E-state index contributed by atoms with van der Waals surface area (Å²) in [5, 5.41) is 8.88. The van der Waals surface area contributed by atoms with Crippen LogP contribution < -0.4 is 0 Å². The van der Waals surface area contributed by atoms with Crippen LogP contribution in [0.15, 0.2) is 36.4 Å². The zero-order valence-electron chi connectivity index (χ0n) is 10.7. The Morgan fingerprint density at radius 3 is 2.74 bits per heavy atom. The van der Waals surface area contributed by atoms with E-state index in [1.165, 1.54) is 17.2 Å². The smallest absolute Gasteiger partial charge is 0.148 e. The molecule has 1 aliphatic heterocycles. The summed E-state index contributed by atoms with van der Waals surface area (Å²) in [6.07, 6.45) is 0. The molecular formula is C16H13FN2. The zero-order chi connectivity index (χ0) is 13.4. The van der Waals surface area contributed by atoms with Crippen molar-refractivity contribution in [1.29, 1.82) is 5.26 Å². The molecular weight excluding hydrogens is 239 g/mol. The lowest BCUT2D eigenvalue weighted by atomic mass is 9.98. The minimum absolute atomic E-state index is 0.0927. The van der Waals surface area contributed by atoms with Crippen molar-refractivity contribution in [2.75, 3.05) is 7.05 Å². The number of rotatable bonds is 1. The Morgan fingerprint density at radius 2 is 1.95 bits per heavy atom. The third-order valence-electron chi connectivity index (χ3n) is 3.52. The molecule has 0 fully saturated rings. The summed E-state index contributed by atoms with van der Waals surface area (Å²) < 4.78 is 14.2. The summed E-state index contributed by atoms with van der Waals surface area (Å²) in [7, 11) is 2.07. The molecule has 94 valence electrons. The lowest BCUT2D eigenvalue weighted by Crippen LogP contribution is -2.07. The molecule has 0 saturated carbocycles. The van der Waals surface area contributed by atoms with Crippen LogP contribution in [0.1, 0.15) is 16.7 Å². The first-order valence-electron chi connectivity index (χ1n) is 6.18. The highest BCUT2D eigenvalue weighted by molar-refractivity contribution is 5.67. The fourth-order valence-electron chi connectivity index (χ4n) is 2.57. The van der Waals surface area contributed by atoms with Crippen molar-refractivity contribution in [1.82, 2.24) is 4.90 Å². The number of nitriles is 1. The fraction of sp³-hybridized carbons (Fsp3) is 0.188. The van der Waals surface area contributed by atoms with Crippen LogP contribution in [0.4, 0.5) is 4.39 Å². The maximum absolute atomic E-state index is 14.2. The Kier molecular flexibility index (Phi) is 2.81. The van der Waals surface area contributed by atoms with Crippen molar-refractivity contribution in [3.05, 3.63) is 58.9 Å². The minimum Gasteiger partial charge on any atom is -0.298 e. The van der Waals surface area contributed by atoms with Crippen LogP contribution in [-0.4, -0.2) is 11.9 Å². The number of nitrogens with zero attached hydrogens (tertiary/aromatic N) is 2. The fourth-order valence-corrected chi connectivity index (χ4v) is 2.57. The predicted octanol–water partition coefficient (Wildman–Crippen LogP) is 3.31. The second kappa shape index (κ2) is 4.49. The predicted molar refractivity (Wildman–Crippen MR) is 71.7 cm³/mol.